The molecule has 182 valence electrons. The highest BCUT2D eigenvalue weighted by molar-refractivity contribution is 9.10. The molecule has 4 rings (SSSR count). The van der Waals surface area contributed by atoms with Crippen molar-refractivity contribution in [2.45, 2.75) is 31.7 Å². The summed E-state index contributed by atoms with van der Waals surface area (Å²) in [6.07, 6.45) is 0.966. The van der Waals surface area contributed by atoms with Crippen molar-refractivity contribution in [2.24, 2.45) is 0 Å². The van der Waals surface area contributed by atoms with E-state index in [1.54, 1.807) is 23.6 Å². The average Bonchev–Trinajstić information content (AvgIpc) is 3.35. The lowest BCUT2D eigenvalue weighted by Gasteiger charge is -2.17. The van der Waals surface area contributed by atoms with Gasteiger partial charge in [-0.05, 0) is 60.1 Å². The van der Waals surface area contributed by atoms with Gasteiger partial charge in [-0.25, -0.2) is 0 Å². The highest BCUT2D eigenvalue weighted by Gasteiger charge is 2.15. The van der Waals surface area contributed by atoms with Gasteiger partial charge in [0.05, 0.1) is 12.8 Å². The Bertz CT molecular complexity index is 1240. The molecule has 4 aromatic rings. The van der Waals surface area contributed by atoms with E-state index in [9.17, 15) is 0 Å². The first-order valence-corrected chi connectivity index (χ1v) is 13.1. The number of nitrogens with one attached hydrogen (secondary N) is 1. The zero-order valence-corrected chi connectivity index (χ0v) is 22.2. The van der Waals surface area contributed by atoms with E-state index >= 15 is 0 Å². The molecule has 35 heavy (non-hydrogen) atoms. The van der Waals surface area contributed by atoms with Crippen molar-refractivity contribution < 1.29 is 9.47 Å². The molecule has 0 aliphatic heterocycles. The highest BCUT2D eigenvalue weighted by atomic mass is 79.9. The first-order chi connectivity index (χ1) is 17.2. The molecule has 0 amide bonds. The van der Waals surface area contributed by atoms with Crippen LogP contribution in [0.2, 0.25) is 0 Å². The summed E-state index contributed by atoms with van der Waals surface area (Å²) in [5.41, 5.74) is 4.34. The maximum atomic E-state index is 6.24. The summed E-state index contributed by atoms with van der Waals surface area (Å²) in [7, 11) is 1.67. The van der Waals surface area contributed by atoms with Crippen LogP contribution in [0.5, 0.6) is 11.5 Å². The lowest BCUT2D eigenvalue weighted by molar-refractivity contribution is 0.280. The van der Waals surface area contributed by atoms with E-state index in [1.165, 1.54) is 5.56 Å². The van der Waals surface area contributed by atoms with E-state index in [-0.39, 0.29) is 0 Å². The minimum Gasteiger partial charge on any atom is -0.493 e. The summed E-state index contributed by atoms with van der Waals surface area (Å²) >= 11 is 5.33. The Morgan fingerprint density at radius 3 is 2.71 bits per heavy atom. The zero-order chi connectivity index (χ0) is 24.5. The number of nitrogens with zero attached hydrogens (tertiary/aromatic N) is 4. The average molecular weight is 555 g/mol. The van der Waals surface area contributed by atoms with Crippen LogP contribution < -0.4 is 14.8 Å². The quantitative estimate of drug-likeness (QED) is 0.181. The second-order valence-electron chi connectivity index (χ2n) is 7.92. The minimum absolute atomic E-state index is 0.480. The molecule has 0 spiro atoms. The van der Waals surface area contributed by atoms with Crippen LogP contribution in [0.15, 0.2) is 76.4 Å². The Balaban J connectivity index is 1.31. The van der Waals surface area contributed by atoms with Gasteiger partial charge >= 0.3 is 0 Å². The van der Waals surface area contributed by atoms with Crippen LogP contribution in [0, 0.1) is 6.92 Å². The second kappa shape index (κ2) is 12.7. The second-order valence-corrected chi connectivity index (χ2v) is 9.84. The van der Waals surface area contributed by atoms with Crippen LogP contribution in [-0.2, 0) is 13.2 Å². The third-order valence-electron chi connectivity index (χ3n) is 5.33. The summed E-state index contributed by atoms with van der Waals surface area (Å²) in [4.78, 5) is 0. The van der Waals surface area contributed by atoms with Gasteiger partial charge in [0.15, 0.2) is 11.5 Å². The Morgan fingerprint density at radius 2 is 1.91 bits per heavy atom. The molecule has 1 N–H and O–H groups in total. The lowest BCUT2D eigenvalue weighted by Crippen LogP contribution is -2.17. The van der Waals surface area contributed by atoms with Crippen LogP contribution in [0.1, 0.15) is 23.1 Å². The number of hydrogen-bond donors (Lipinski definition) is 1. The number of benzene rings is 3. The Morgan fingerprint density at radius 1 is 1.06 bits per heavy atom. The fourth-order valence-electron chi connectivity index (χ4n) is 3.60. The molecule has 1 aromatic heterocycles. The molecule has 0 saturated carbocycles. The maximum Gasteiger partial charge on any atom is 0.214 e. The van der Waals surface area contributed by atoms with Crippen LogP contribution in [0.25, 0.3) is 5.69 Å². The van der Waals surface area contributed by atoms with E-state index in [0.717, 1.165) is 56.7 Å². The summed E-state index contributed by atoms with van der Waals surface area (Å²) < 4.78 is 14.6. The first-order valence-electron chi connectivity index (χ1n) is 11.4. The van der Waals surface area contributed by atoms with Crippen molar-refractivity contribution in [3.05, 3.63) is 87.9 Å². The van der Waals surface area contributed by atoms with Crippen molar-refractivity contribution in [2.75, 3.05) is 19.4 Å². The third-order valence-corrected chi connectivity index (χ3v) is 7.07. The molecule has 7 nitrogen and oxygen atoms in total. The topological polar surface area (TPSA) is 74.1 Å². The normalized spacial score (nSPS) is 10.9. The predicted octanol–water partition coefficient (Wildman–Crippen LogP) is 5.59. The monoisotopic (exact) mass is 553 g/mol. The number of thioether (sulfide) groups is 1. The van der Waals surface area contributed by atoms with Gasteiger partial charge in [-0.1, -0.05) is 75.7 Å². The molecule has 0 bridgehead atoms. The number of para-hydroxylation sites is 1. The van der Waals surface area contributed by atoms with Gasteiger partial charge in [0, 0.05) is 22.3 Å². The molecule has 0 unspecified atom stereocenters. The fraction of sp³-hybridized carbons (Fsp3) is 0.269. The number of halogens is 1. The number of rotatable bonds is 12. The number of methoxy groups -OCH3 is 1. The molecule has 0 aliphatic rings. The largest absolute Gasteiger partial charge is 0.493 e. The molecule has 0 aliphatic carbocycles. The van der Waals surface area contributed by atoms with Crippen molar-refractivity contribution >= 4 is 27.7 Å². The van der Waals surface area contributed by atoms with Gasteiger partial charge in [-0.2, -0.15) is 4.68 Å². The van der Waals surface area contributed by atoms with Crippen molar-refractivity contribution in [1.29, 1.82) is 0 Å². The molecule has 0 fully saturated rings. The minimum atomic E-state index is 0.480. The number of aryl methyl sites for hydroxylation is 1. The van der Waals surface area contributed by atoms with Gasteiger partial charge in [-0.15, -0.1) is 5.10 Å². The van der Waals surface area contributed by atoms with Crippen LogP contribution in [-0.4, -0.2) is 39.6 Å². The number of tetrazole rings is 1. The van der Waals surface area contributed by atoms with E-state index < -0.39 is 0 Å². The molecule has 3 aromatic carbocycles. The zero-order valence-electron chi connectivity index (χ0n) is 19.8. The maximum absolute atomic E-state index is 6.24. The van der Waals surface area contributed by atoms with Crippen LogP contribution >= 0.6 is 27.7 Å². The van der Waals surface area contributed by atoms with Gasteiger partial charge in [-0.3, -0.25) is 0 Å². The van der Waals surface area contributed by atoms with E-state index in [2.05, 4.69) is 61.9 Å². The first kappa shape index (κ1) is 25.2. The van der Waals surface area contributed by atoms with Crippen LogP contribution in [0.3, 0.4) is 0 Å². The van der Waals surface area contributed by atoms with Crippen molar-refractivity contribution in [1.82, 2.24) is 25.5 Å². The lowest BCUT2D eigenvalue weighted by atomic mass is 10.1. The summed E-state index contributed by atoms with van der Waals surface area (Å²) in [5.74, 6) is 2.38. The molecule has 0 atom stereocenters. The Hall–Kier alpha value is -2.88. The van der Waals surface area contributed by atoms with Crippen molar-refractivity contribution in [3.8, 4) is 17.2 Å². The Kier molecular flexibility index (Phi) is 9.16. The standard InChI is InChI=1S/C26H28BrN5O2S/c1-19-8-6-9-20(16-19)18-34-25-22(23(27)12-13-24(25)33-2)17-28-14-7-15-35-26-29-30-31-32(26)21-10-4-3-5-11-21/h3-6,8-13,16,28H,7,14-15,17-18H2,1-2H3. The van der Waals surface area contributed by atoms with Crippen LogP contribution in [0.4, 0.5) is 0 Å². The molecular formula is C26H28BrN5O2S. The fourth-order valence-corrected chi connectivity index (χ4v) is 4.88. The molecule has 9 heteroatoms. The Labute approximate surface area is 218 Å². The third kappa shape index (κ3) is 6.84. The summed E-state index contributed by atoms with van der Waals surface area (Å²) in [6, 6.07) is 22.2. The predicted molar refractivity (Wildman–Crippen MR) is 142 cm³/mol. The van der Waals surface area contributed by atoms with E-state index in [1.807, 2.05) is 48.5 Å². The molecule has 0 saturated heterocycles. The summed E-state index contributed by atoms with van der Waals surface area (Å²) in [6.45, 7) is 4.07. The molecule has 1 heterocycles. The number of hydrogen-bond acceptors (Lipinski definition) is 7. The van der Waals surface area contributed by atoms with E-state index in [0.29, 0.717) is 13.2 Å². The van der Waals surface area contributed by atoms with Gasteiger partial charge in [0.2, 0.25) is 5.16 Å². The molecular weight excluding hydrogens is 526 g/mol. The smallest absolute Gasteiger partial charge is 0.214 e. The number of aromatic nitrogens is 4. The van der Waals surface area contributed by atoms with Gasteiger partial charge in [0.25, 0.3) is 0 Å². The number of ether oxygens (including phenoxy) is 2. The van der Waals surface area contributed by atoms with Gasteiger partial charge < -0.3 is 14.8 Å². The summed E-state index contributed by atoms with van der Waals surface area (Å²) in [5, 5.41) is 16.4. The molecule has 0 radical (unpaired) electrons. The van der Waals surface area contributed by atoms with E-state index in [4.69, 9.17) is 9.47 Å². The van der Waals surface area contributed by atoms with Gasteiger partial charge in [0.1, 0.15) is 6.61 Å². The van der Waals surface area contributed by atoms with Crippen molar-refractivity contribution in [3.63, 3.8) is 0 Å². The highest BCUT2D eigenvalue weighted by Crippen LogP contribution is 2.37. The SMILES string of the molecule is COc1ccc(Br)c(CNCCCSc2nnnn2-c2ccccc2)c1OCc1cccc(C)c1.